The van der Waals surface area contributed by atoms with Gasteiger partial charge in [0.15, 0.2) is 0 Å². The molecular formula is C44H46N2O4S. The van der Waals surface area contributed by atoms with E-state index in [9.17, 15) is 19.2 Å². The van der Waals surface area contributed by atoms with Crippen LogP contribution in [0.2, 0.25) is 0 Å². The minimum absolute atomic E-state index is 0.166. The van der Waals surface area contributed by atoms with Crippen molar-refractivity contribution in [3.8, 4) is 0 Å². The predicted molar refractivity (Wildman–Crippen MR) is 204 cm³/mol. The lowest BCUT2D eigenvalue weighted by atomic mass is 9.81. The van der Waals surface area contributed by atoms with Crippen LogP contribution in [0.15, 0.2) is 48.5 Å². The molecule has 4 aromatic carbocycles. The highest BCUT2D eigenvalue weighted by Gasteiger charge is 2.55. The minimum atomic E-state index is -0.166. The number of carbonyl (C=O) groups excluding carboxylic acids is 4. The van der Waals surface area contributed by atoms with Crippen LogP contribution in [0.1, 0.15) is 165 Å². The third-order valence-electron chi connectivity index (χ3n) is 13.0. The van der Waals surface area contributed by atoms with Crippen LogP contribution >= 0.6 is 11.8 Å². The minimum Gasteiger partial charge on any atom is -0.274 e. The highest BCUT2D eigenvalue weighted by atomic mass is 32.2. The lowest BCUT2D eigenvalue weighted by Gasteiger charge is -2.31. The molecule has 4 amide bonds. The number of unbranched alkanes of at least 4 members (excludes halogenated alkanes) is 2. The number of thioether (sulfide) groups is 1. The van der Waals surface area contributed by atoms with E-state index in [1.807, 2.05) is 36.0 Å². The number of imide groups is 2. The number of hydrogen-bond donors (Lipinski definition) is 0. The van der Waals surface area contributed by atoms with Crippen LogP contribution in [0.25, 0.3) is 21.5 Å². The molecular weight excluding hydrogens is 653 g/mol. The molecule has 0 N–H and O–H groups in total. The summed E-state index contributed by atoms with van der Waals surface area (Å²) in [7, 11) is 0. The van der Waals surface area contributed by atoms with E-state index in [0.29, 0.717) is 47.2 Å². The molecule has 9 rings (SSSR count). The molecule has 0 bridgehead atoms. The van der Waals surface area contributed by atoms with Crippen LogP contribution in [-0.4, -0.2) is 46.5 Å². The summed E-state index contributed by atoms with van der Waals surface area (Å²) in [6.45, 7) is 9.59. The van der Waals surface area contributed by atoms with Crippen molar-refractivity contribution in [3.63, 3.8) is 0 Å². The maximum absolute atomic E-state index is 14.0. The summed E-state index contributed by atoms with van der Waals surface area (Å²) in [5.41, 5.74) is 7.46. The van der Waals surface area contributed by atoms with Gasteiger partial charge in [-0.25, -0.2) is 0 Å². The predicted octanol–water partition coefficient (Wildman–Crippen LogP) is 10.3. The number of benzene rings is 4. The summed E-state index contributed by atoms with van der Waals surface area (Å²) >= 11 is 1.97. The molecule has 2 aliphatic carbocycles. The third kappa shape index (κ3) is 4.55. The molecule has 1 saturated heterocycles. The van der Waals surface area contributed by atoms with Gasteiger partial charge in [-0.15, -0.1) is 11.8 Å². The molecule has 6 atom stereocenters. The Morgan fingerprint density at radius 1 is 0.510 bits per heavy atom. The van der Waals surface area contributed by atoms with Gasteiger partial charge in [0.2, 0.25) is 0 Å². The highest BCUT2D eigenvalue weighted by molar-refractivity contribution is 8.00. The Balaban J connectivity index is 1.09. The highest BCUT2D eigenvalue weighted by Crippen LogP contribution is 2.74. The van der Waals surface area contributed by atoms with Crippen molar-refractivity contribution in [1.29, 1.82) is 0 Å². The number of amides is 4. The molecule has 0 saturated carbocycles. The van der Waals surface area contributed by atoms with Gasteiger partial charge in [-0.3, -0.25) is 29.0 Å². The monoisotopic (exact) mass is 698 g/mol. The molecule has 3 aliphatic heterocycles. The maximum Gasteiger partial charge on any atom is 0.261 e. The van der Waals surface area contributed by atoms with Gasteiger partial charge in [0, 0.05) is 68.5 Å². The van der Waals surface area contributed by atoms with Gasteiger partial charge >= 0.3 is 0 Å². The van der Waals surface area contributed by atoms with Gasteiger partial charge in [-0.2, -0.15) is 0 Å². The van der Waals surface area contributed by atoms with Crippen molar-refractivity contribution < 1.29 is 19.2 Å². The fourth-order valence-electron chi connectivity index (χ4n) is 10.2. The summed E-state index contributed by atoms with van der Waals surface area (Å²) in [6.07, 6.45) is 8.32. The first-order chi connectivity index (χ1) is 24.8. The van der Waals surface area contributed by atoms with Crippen LogP contribution in [0.4, 0.5) is 0 Å². The summed E-state index contributed by atoms with van der Waals surface area (Å²) in [4.78, 5) is 59.1. The van der Waals surface area contributed by atoms with Crippen LogP contribution < -0.4 is 0 Å². The van der Waals surface area contributed by atoms with E-state index >= 15 is 0 Å². The zero-order chi connectivity index (χ0) is 35.3. The first-order valence-corrected chi connectivity index (χ1v) is 20.3. The van der Waals surface area contributed by atoms with Gasteiger partial charge in [-0.1, -0.05) is 90.5 Å². The zero-order valence-electron chi connectivity index (χ0n) is 30.1. The topological polar surface area (TPSA) is 74.8 Å². The molecule has 6 unspecified atom stereocenters. The average Bonchev–Trinajstić information content (AvgIpc) is 3.79. The Kier molecular flexibility index (Phi) is 7.95. The maximum atomic E-state index is 14.0. The van der Waals surface area contributed by atoms with Crippen molar-refractivity contribution in [2.75, 3.05) is 13.1 Å². The Labute approximate surface area is 304 Å². The van der Waals surface area contributed by atoms with E-state index in [-0.39, 0.29) is 46.0 Å². The largest absolute Gasteiger partial charge is 0.274 e. The number of nitrogens with zero attached hydrogens (tertiary/aromatic N) is 2. The van der Waals surface area contributed by atoms with Crippen molar-refractivity contribution in [2.45, 2.75) is 101 Å². The number of rotatable bonds is 12. The van der Waals surface area contributed by atoms with Crippen LogP contribution in [0, 0.1) is 11.8 Å². The number of hydrogen-bond acceptors (Lipinski definition) is 5. The van der Waals surface area contributed by atoms with E-state index in [0.717, 1.165) is 72.9 Å². The smallest absolute Gasteiger partial charge is 0.261 e. The number of fused-ring (bicyclic) bond motifs is 7. The Morgan fingerprint density at radius 3 is 1.20 bits per heavy atom. The Bertz CT molecular complexity index is 1990. The molecule has 6 nitrogen and oxygen atoms in total. The van der Waals surface area contributed by atoms with Crippen molar-refractivity contribution in [1.82, 2.24) is 9.80 Å². The third-order valence-corrected chi connectivity index (χ3v) is 14.7. The lowest BCUT2D eigenvalue weighted by Crippen LogP contribution is -2.43. The fraction of sp³-hybridized carbons (Fsp3) is 0.455. The fourth-order valence-corrected chi connectivity index (χ4v) is 12.2. The molecule has 7 heteroatoms. The second kappa shape index (κ2) is 12.3. The first-order valence-electron chi connectivity index (χ1n) is 19.4. The van der Waals surface area contributed by atoms with Crippen LogP contribution in [0.3, 0.4) is 0 Å². The summed E-state index contributed by atoms with van der Waals surface area (Å²) in [6, 6.07) is 16.5. The van der Waals surface area contributed by atoms with Crippen LogP contribution in [-0.2, 0) is 0 Å². The first kappa shape index (κ1) is 32.9. The van der Waals surface area contributed by atoms with Gasteiger partial charge in [0.1, 0.15) is 0 Å². The normalized spacial score (nSPS) is 23.5. The van der Waals surface area contributed by atoms with Crippen LogP contribution in [0.5, 0.6) is 0 Å². The molecule has 1 fully saturated rings. The molecule has 0 aromatic heterocycles. The summed E-state index contributed by atoms with van der Waals surface area (Å²) in [5, 5.41) is 4.24. The molecule has 0 radical (unpaired) electrons. The van der Waals surface area contributed by atoms with Gasteiger partial charge in [-0.05, 0) is 82.0 Å². The number of carbonyl (C=O) groups is 4. The van der Waals surface area contributed by atoms with E-state index in [1.54, 1.807) is 0 Å². The van der Waals surface area contributed by atoms with E-state index in [1.165, 1.54) is 32.1 Å². The zero-order valence-corrected chi connectivity index (χ0v) is 30.9. The molecule has 262 valence electrons. The molecule has 0 spiro atoms. The van der Waals surface area contributed by atoms with E-state index in [2.05, 4.69) is 52.0 Å². The van der Waals surface area contributed by atoms with Gasteiger partial charge < -0.3 is 0 Å². The van der Waals surface area contributed by atoms with E-state index < -0.39 is 0 Å². The molecule has 4 aromatic rings. The molecule has 5 aliphatic rings. The summed E-state index contributed by atoms with van der Waals surface area (Å²) < 4.78 is 0. The summed E-state index contributed by atoms with van der Waals surface area (Å²) in [5.74, 6) is 0.276. The average molecular weight is 699 g/mol. The SMILES string of the molecule is CCCCC(CC)CN1C(=O)c2ccc3c4c(ccc(c24)C1=O)C1C3SC2c3ccc4c5c(ccc(c35)C21)C(=O)N(CC(CC)CCCC)C4=O. The molecule has 51 heavy (non-hydrogen) atoms. The second-order valence-corrected chi connectivity index (χ2v) is 16.9. The van der Waals surface area contributed by atoms with Crippen molar-refractivity contribution >= 4 is 56.9 Å². The van der Waals surface area contributed by atoms with E-state index in [4.69, 9.17) is 0 Å². The Morgan fingerprint density at radius 2 is 0.863 bits per heavy atom. The Hall–Kier alpha value is -3.97. The van der Waals surface area contributed by atoms with Gasteiger partial charge in [0.05, 0.1) is 0 Å². The van der Waals surface area contributed by atoms with Crippen molar-refractivity contribution in [3.05, 3.63) is 93.0 Å². The van der Waals surface area contributed by atoms with Gasteiger partial charge in [0.25, 0.3) is 23.6 Å². The van der Waals surface area contributed by atoms with Crippen molar-refractivity contribution in [2.24, 2.45) is 11.8 Å². The standard InChI is InChI=1S/C44H46N2O4S/c1-5-9-11-23(7-3)21-45-41(47)29-17-13-25-33-27(15-19-31(35(29)33)43(45)49)39-37(25)38-26-14-18-30-36-32(20-16-28(34(26)36)40(38)51-39)44(50)46(42(30)48)22-24(8-4)12-10-6-2/h13-20,23-24,37-40H,5-12,21-22H2,1-4H3. The lowest BCUT2D eigenvalue weighted by molar-refractivity contribution is 0.0565. The molecule has 3 heterocycles. The quantitative estimate of drug-likeness (QED) is 0.138. The second-order valence-electron chi connectivity index (χ2n) is 15.6.